The van der Waals surface area contributed by atoms with Gasteiger partial charge in [-0.25, -0.2) is 0 Å². The summed E-state index contributed by atoms with van der Waals surface area (Å²) in [6.07, 6.45) is 4.35. The molecule has 4 nitrogen and oxygen atoms in total. The molecule has 0 aliphatic heterocycles. The van der Waals surface area contributed by atoms with E-state index in [2.05, 4.69) is 5.32 Å². The zero-order chi connectivity index (χ0) is 8.97. The highest BCUT2D eigenvalue weighted by molar-refractivity contribution is 5.69. The maximum absolute atomic E-state index is 10.2. The van der Waals surface area contributed by atoms with E-state index in [0.717, 1.165) is 19.3 Å². The zero-order valence-corrected chi connectivity index (χ0v) is 7.12. The topological polar surface area (TPSA) is 75.3 Å². The third kappa shape index (κ3) is 2.79. The van der Waals surface area contributed by atoms with Crippen molar-refractivity contribution in [3.05, 3.63) is 0 Å². The van der Waals surface area contributed by atoms with Gasteiger partial charge in [0.05, 0.1) is 6.54 Å². The van der Waals surface area contributed by atoms with Gasteiger partial charge in [0.25, 0.3) is 0 Å². The van der Waals surface area contributed by atoms with Crippen molar-refractivity contribution in [2.45, 2.75) is 37.8 Å². The molecule has 0 aromatic carbocycles. The lowest BCUT2D eigenvalue weighted by Crippen LogP contribution is -2.48. The molecule has 12 heavy (non-hydrogen) atoms. The SMILES string of the molecule is NC1CCCCC1NCC(=O)O. The molecule has 2 atom stereocenters. The van der Waals surface area contributed by atoms with Crippen LogP contribution in [0.5, 0.6) is 0 Å². The molecule has 0 aromatic rings. The Bertz CT molecular complexity index is 161. The van der Waals surface area contributed by atoms with Crippen LogP contribution in [0.15, 0.2) is 0 Å². The number of carboxylic acid groups (broad SMARTS) is 1. The van der Waals surface area contributed by atoms with Gasteiger partial charge in [0, 0.05) is 12.1 Å². The second-order valence-corrected chi connectivity index (χ2v) is 3.33. The first-order valence-corrected chi connectivity index (χ1v) is 4.41. The van der Waals surface area contributed by atoms with E-state index in [0.29, 0.717) is 0 Å². The summed E-state index contributed by atoms with van der Waals surface area (Å²) < 4.78 is 0. The van der Waals surface area contributed by atoms with Crippen molar-refractivity contribution in [1.82, 2.24) is 5.32 Å². The molecule has 1 aliphatic rings. The van der Waals surface area contributed by atoms with Crippen LogP contribution in [0.4, 0.5) is 0 Å². The van der Waals surface area contributed by atoms with Gasteiger partial charge in [-0.15, -0.1) is 0 Å². The number of aliphatic carboxylic acids is 1. The molecule has 2 unspecified atom stereocenters. The predicted molar refractivity (Wildman–Crippen MR) is 45.9 cm³/mol. The normalized spacial score (nSPS) is 30.1. The molecule has 1 rings (SSSR count). The number of carboxylic acids is 1. The largest absolute Gasteiger partial charge is 0.480 e. The molecule has 70 valence electrons. The van der Waals surface area contributed by atoms with Crippen molar-refractivity contribution in [3.8, 4) is 0 Å². The molecule has 0 radical (unpaired) electrons. The van der Waals surface area contributed by atoms with Crippen LogP contribution in [0.25, 0.3) is 0 Å². The Morgan fingerprint density at radius 3 is 2.75 bits per heavy atom. The number of hydrogen-bond donors (Lipinski definition) is 3. The van der Waals surface area contributed by atoms with Gasteiger partial charge in [-0.3, -0.25) is 4.79 Å². The summed E-state index contributed by atoms with van der Waals surface area (Å²) in [6, 6.07) is 0.341. The van der Waals surface area contributed by atoms with Gasteiger partial charge in [-0.05, 0) is 12.8 Å². The second-order valence-electron chi connectivity index (χ2n) is 3.33. The Hall–Kier alpha value is -0.610. The highest BCUT2D eigenvalue weighted by Gasteiger charge is 2.21. The monoisotopic (exact) mass is 172 g/mol. The Morgan fingerprint density at radius 1 is 1.50 bits per heavy atom. The summed E-state index contributed by atoms with van der Waals surface area (Å²) in [6.45, 7) is 0.0262. The van der Waals surface area contributed by atoms with Crippen LogP contribution < -0.4 is 11.1 Å². The fourth-order valence-corrected chi connectivity index (χ4v) is 1.63. The molecule has 0 heterocycles. The quantitative estimate of drug-likeness (QED) is 0.557. The first-order valence-electron chi connectivity index (χ1n) is 4.41. The number of hydrogen-bond acceptors (Lipinski definition) is 3. The van der Waals surface area contributed by atoms with Crippen molar-refractivity contribution in [1.29, 1.82) is 0 Å². The average molecular weight is 172 g/mol. The Kier molecular flexibility index (Phi) is 3.49. The van der Waals surface area contributed by atoms with Crippen molar-refractivity contribution in [3.63, 3.8) is 0 Å². The minimum absolute atomic E-state index is 0.0262. The molecule has 4 heteroatoms. The maximum Gasteiger partial charge on any atom is 0.317 e. The lowest BCUT2D eigenvalue weighted by molar-refractivity contribution is -0.136. The Balaban J connectivity index is 2.24. The van der Waals surface area contributed by atoms with Gasteiger partial charge in [0.2, 0.25) is 0 Å². The molecule has 0 saturated heterocycles. The highest BCUT2D eigenvalue weighted by atomic mass is 16.4. The molecule has 4 N–H and O–H groups in total. The first-order chi connectivity index (χ1) is 5.70. The number of nitrogens with two attached hydrogens (primary N) is 1. The molecule has 0 amide bonds. The van der Waals surface area contributed by atoms with Gasteiger partial charge in [0.15, 0.2) is 0 Å². The van der Waals surface area contributed by atoms with Crippen LogP contribution in [-0.2, 0) is 4.79 Å². The zero-order valence-electron chi connectivity index (χ0n) is 7.12. The van der Waals surface area contributed by atoms with Crippen LogP contribution >= 0.6 is 0 Å². The van der Waals surface area contributed by atoms with Crippen LogP contribution in [0, 0.1) is 0 Å². The van der Waals surface area contributed by atoms with Crippen LogP contribution in [0.3, 0.4) is 0 Å². The van der Waals surface area contributed by atoms with Crippen molar-refractivity contribution >= 4 is 5.97 Å². The fraction of sp³-hybridized carbons (Fsp3) is 0.875. The molecular weight excluding hydrogens is 156 g/mol. The third-order valence-corrected chi connectivity index (χ3v) is 2.33. The van der Waals surface area contributed by atoms with Gasteiger partial charge in [0.1, 0.15) is 0 Å². The lowest BCUT2D eigenvalue weighted by atomic mass is 9.91. The molecular formula is C8H16N2O2. The van der Waals surface area contributed by atoms with E-state index in [1.54, 1.807) is 0 Å². The fourth-order valence-electron chi connectivity index (χ4n) is 1.63. The number of rotatable bonds is 3. The molecule has 0 aromatic heterocycles. The van der Waals surface area contributed by atoms with E-state index in [4.69, 9.17) is 10.8 Å². The summed E-state index contributed by atoms with van der Waals surface area (Å²) in [5.41, 5.74) is 5.81. The number of carbonyl (C=O) groups is 1. The van der Waals surface area contributed by atoms with Crippen molar-refractivity contribution < 1.29 is 9.90 Å². The van der Waals surface area contributed by atoms with Crippen molar-refractivity contribution in [2.24, 2.45) is 5.73 Å². The molecule has 1 fully saturated rings. The second kappa shape index (κ2) is 4.42. The van der Waals surface area contributed by atoms with Crippen LogP contribution in [-0.4, -0.2) is 29.7 Å². The molecule has 0 spiro atoms. The van der Waals surface area contributed by atoms with E-state index in [1.165, 1.54) is 6.42 Å². The highest BCUT2D eigenvalue weighted by Crippen LogP contribution is 2.16. The predicted octanol–water partition coefficient (Wildman–Crippen LogP) is -0.0695. The van der Waals surface area contributed by atoms with E-state index >= 15 is 0 Å². The van der Waals surface area contributed by atoms with E-state index in [-0.39, 0.29) is 18.6 Å². The van der Waals surface area contributed by atoms with Crippen LogP contribution in [0.1, 0.15) is 25.7 Å². The Labute approximate surface area is 72.1 Å². The summed E-state index contributed by atoms with van der Waals surface area (Å²) >= 11 is 0. The van der Waals surface area contributed by atoms with Gasteiger partial charge in [-0.2, -0.15) is 0 Å². The minimum atomic E-state index is -0.812. The average Bonchev–Trinajstić information content (AvgIpc) is 2.03. The maximum atomic E-state index is 10.2. The summed E-state index contributed by atoms with van der Waals surface area (Å²) in [4.78, 5) is 10.2. The van der Waals surface area contributed by atoms with E-state index in [9.17, 15) is 4.79 Å². The Morgan fingerprint density at radius 2 is 2.17 bits per heavy atom. The van der Waals surface area contributed by atoms with E-state index < -0.39 is 5.97 Å². The summed E-state index contributed by atoms with van der Waals surface area (Å²) in [5, 5.41) is 11.4. The van der Waals surface area contributed by atoms with Gasteiger partial charge in [-0.1, -0.05) is 12.8 Å². The molecule has 1 saturated carbocycles. The van der Waals surface area contributed by atoms with Crippen LogP contribution in [0.2, 0.25) is 0 Å². The lowest BCUT2D eigenvalue weighted by Gasteiger charge is -2.28. The van der Waals surface area contributed by atoms with Gasteiger partial charge < -0.3 is 16.2 Å². The van der Waals surface area contributed by atoms with E-state index in [1.807, 2.05) is 0 Å². The number of nitrogens with one attached hydrogen (secondary N) is 1. The smallest absolute Gasteiger partial charge is 0.317 e. The standard InChI is InChI=1S/C8H16N2O2/c9-6-3-1-2-4-7(6)10-5-8(11)12/h6-7,10H,1-5,9H2,(H,11,12). The summed E-state index contributed by atoms with van der Waals surface area (Å²) in [7, 11) is 0. The minimum Gasteiger partial charge on any atom is -0.480 e. The van der Waals surface area contributed by atoms with Gasteiger partial charge >= 0.3 is 5.97 Å². The van der Waals surface area contributed by atoms with Crippen molar-refractivity contribution in [2.75, 3.05) is 6.54 Å². The summed E-state index contributed by atoms with van der Waals surface area (Å²) in [5.74, 6) is -0.812. The molecule has 1 aliphatic carbocycles. The first kappa shape index (κ1) is 9.48. The molecule has 0 bridgehead atoms. The third-order valence-electron chi connectivity index (χ3n) is 2.33.